The molecule has 1 aliphatic rings. The number of ether oxygens (including phenoxy) is 1. The summed E-state index contributed by atoms with van der Waals surface area (Å²) in [6.45, 7) is 6.53. The molecule has 3 rings (SSSR count). The van der Waals surface area contributed by atoms with Crippen LogP contribution in [0.5, 0.6) is 0 Å². The number of fused-ring (bicyclic) bond motifs is 1. The van der Waals surface area contributed by atoms with Crippen LogP contribution in [0.1, 0.15) is 32.8 Å². The number of nitrogens with zero attached hydrogens (tertiary/aromatic N) is 1. The lowest BCUT2D eigenvalue weighted by atomic mass is 9.92. The maximum absolute atomic E-state index is 12.3. The van der Waals surface area contributed by atoms with Crippen LogP contribution in [0.15, 0.2) is 48.0 Å². The number of aliphatic hydroxyl groups excluding tert-OH is 1. The standard InChI is InChI=1S/C21H25NO3/c1-21(2,3)25-20(24)22-11-10-19(18(13-22)14-23)17-9-8-15-6-4-5-7-16(15)12-17/h4-9,12,23H,10-11,13-14H2,1-3H3. The van der Waals surface area contributed by atoms with E-state index in [2.05, 4.69) is 30.3 Å². The maximum Gasteiger partial charge on any atom is 0.410 e. The highest BCUT2D eigenvalue weighted by Crippen LogP contribution is 2.30. The van der Waals surface area contributed by atoms with Gasteiger partial charge in [-0.05, 0) is 60.7 Å². The quantitative estimate of drug-likeness (QED) is 0.891. The summed E-state index contributed by atoms with van der Waals surface area (Å²) < 4.78 is 5.45. The van der Waals surface area contributed by atoms with Gasteiger partial charge in [-0.25, -0.2) is 4.79 Å². The van der Waals surface area contributed by atoms with Crippen molar-refractivity contribution in [3.05, 3.63) is 53.6 Å². The highest BCUT2D eigenvalue weighted by molar-refractivity contribution is 5.87. The first-order valence-corrected chi connectivity index (χ1v) is 8.66. The SMILES string of the molecule is CC(C)(C)OC(=O)N1CCC(c2ccc3ccccc3c2)=C(CO)C1. The summed E-state index contributed by atoms with van der Waals surface area (Å²) in [5.74, 6) is 0. The van der Waals surface area contributed by atoms with E-state index in [0.717, 1.165) is 16.7 Å². The van der Waals surface area contributed by atoms with E-state index in [4.69, 9.17) is 4.74 Å². The molecule has 0 spiro atoms. The van der Waals surface area contributed by atoms with Crippen molar-refractivity contribution in [2.75, 3.05) is 19.7 Å². The molecule has 1 aliphatic heterocycles. The summed E-state index contributed by atoms with van der Waals surface area (Å²) in [4.78, 5) is 14.0. The molecule has 0 aromatic heterocycles. The Morgan fingerprint density at radius 3 is 2.56 bits per heavy atom. The van der Waals surface area contributed by atoms with Crippen LogP contribution < -0.4 is 0 Å². The van der Waals surface area contributed by atoms with Crippen molar-refractivity contribution in [3.8, 4) is 0 Å². The molecule has 0 bridgehead atoms. The summed E-state index contributed by atoms with van der Waals surface area (Å²) in [5.41, 5.74) is 2.62. The van der Waals surface area contributed by atoms with Gasteiger partial charge in [0.1, 0.15) is 5.60 Å². The zero-order valence-corrected chi connectivity index (χ0v) is 15.1. The number of benzene rings is 2. The average Bonchev–Trinajstić information content (AvgIpc) is 2.59. The summed E-state index contributed by atoms with van der Waals surface area (Å²) in [6, 6.07) is 14.6. The molecule has 1 amide bonds. The zero-order chi connectivity index (χ0) is 18.0. The molecular weight excluding hydrogens is 314 g/mol. The second-order valence-electron chi connectivity index (χ2n) is 7.45. The second-order valence-corrected chi connectivity index (χ2v) is 7.45. The first kappa shape index (κ1) is 17.5. The smallest absolute Gasteiger partial charge is 0.410 e. The van der Waals surface area contributed by atoms with Crippen molar-refractivity contribution in [1.29, 1.82) is 0 Å². The molecule has 0 fully saturated rings. The van der Waals surface area contributed by atoms with E-state index in [0.29, 0.717) is 19.5 Å². The van der Waals surface area contributed by atoms with Gasteiger partial charge in [-0.2, -0.15) is 0 Å². The lowest BCUT2D eigenvalue weighted by Crippen LogP contribution is -2.41. The third-order valence-corrected chi connectivity index (χ3v) is 4.38. The topological polar surface area (TPSA) is 49.8 Å². The Morgan fingerprint density at radius 1 is 1.16 bits per heavy atom. The molecule has 1 N–H and O–H groups in total. The zero-order valence-electron chi connectivity index (χ0n) is 15.1. The van der Waals surface area contributed by atoms with Gasteiger partial charge in [0, 0.05) is 13.1 Å². The molecule has 0 atom stereocenters. The van der Waals surface area contributed by atoms with E-state index >= 15 is 0 Å². The van der Waals surface area contributed by atoms with Crippen LogP contribution in [0.3, 0.4) is 0 Å². The summed E-state index contributed by atoms with van der Waals surface area (Å²) in [7, 11) is 0. The van der Waals surface area contributed by atoms with Crippen molar-refractivity contribution < 1.29 is 14.6 Å². The van der Waals surface area contributed by atoms with Gasteiger partial charge in [-0.3, -0.25) is 0 Å². The Kier molecular flexibility index (Phi) is 4.82. The molecule has 25 heavy (non-hydrogen) atoms. The van der Waals surface area contributed by atoms with Crippen LogP contribution in [-0.2, 0) is 4.74 Å². The van der Waals surface area contributed by atoms with Crippen molar-refractivity contribution in [2.24, 2.45) is 0 Å². The highest BCUT2D eigenvalue weighted by atomic mass is 16.6. The van der Waals surface area contributed by atoms with Gasteiger partial charge in [0.25, 0.3) is 0 Å². The maximum atomic E-state index is 12.3. The van der Waals surface area contributed by atoms with Gasteiger partial charge in [-0.15, -0.1) is 0 Å². The molecule has 2 aromatic rings. The van der Waals surface area contributed by atoms with Crippen molar-refractivity contribution in [3.63, 3.8) is 0 Å². The van der Waals surface area contributed by atoms with Gasteiger partial charge in [0.05, 0.1) is 6.61 Å². The van der Waals surface area contributed by atoms with E-state index in [1.165, 1.54) is 10.8 Å². The minimum atomic E-state index is -0.515. The molecule has 0 radical (unpaired) electrons. The van der Waals surface area contributed by atoms with Gasteiger partial charge in [0.2, 0.25) is 0 Å². The molecule has 2 aromatic carbocycles. The van der Waals surface area contributed by atoms with Crippen LogP contribution in [0.4, 0.5) is 4.79 Å². The Bertz CT molecular complexity index is 817. The lowest BCUT2D eigenvalue weighted by Gasteiger charge is -2.32. The molecule has 0 unspecified atom stereocenters. The first-order chi connectivity index (χ1) is 11.9. The Labute approximate surface area is 148 Å². The van der Waals surface area contributed by atoms with Gasteiger partial charge >= 0.3 is 6.09 Å². The molecule has 0 saturated heterocycles. The number of carbonyl (C=O) groups excluding carboxylic acids is 1. The number of rotatable bonds is 2. The summed E-state index contributed by atoms with van der Waals surface area (Å²) >= 11 is 0. The van der Waals surface area contributed by atoms with E-state index in [1.54, 1.807) is 4.90 Å². The number of carbonyl (C=O) groups is 1. The number of aliphatic hydroxyl groups is 1. The predicted molar refractivity (Wildman–Crippen MR) is 100 cm³/mol. The average molecular weight is 339 g/mol. The van der Waals surface area contributed by atoms with E-state index in [-0.39, 0.29) is 12.7 Å². The largest absolute Gasteiger partial charge is 0.444 e. The third kappa shape index (κ3) is 4.02. The minimum absolute atomic E-state index is 0.0541. The Morgan fingerprint density at radius 2 is 1.88 bits per heavy atom. The first-order valence-electron chi connectivity index (χ1n) is 8.66. The van der Waals surface area contributed by atoms with E-state index in [1.807, 2.05) is 32.9 Å². The fourth-order valence-corrected chi connectivity index (χ4v) is 3.18. The number of amides is 1. The predicted octanol–water partition coefficient (Wildman–Crippen LogP) is 4.23. The third-order valence-electron chi connectivity index (χ3n) is 4.38. The number of hydrogen-bond acceptors (Lipinski definition) is 3. The van der Waals surface area contributed by atoms with E-state index < -0.39 is 5.60 Å². The summed E-state index contributed by atoms with van der Waals surface area (Å²) in [5, 5.41) is 12.2. The van der Waals surface area contributed by atoms with Crippen LogP contribution in [0.2, 0.25) is 0 Å². The van der Waals surface area contributed by atoms with Gasteiger partial charge < -0.3 is 14.7 Å². The van der Waals surface area contributed by atoms with Gasteiger partial charge in [0.15, 0.2) is 0 Å². The molecular formula is C21H25NO3. The molecule has 132 valence electrons. The second kappa shape index (κ2) is 6.89. The van der Waals surface area contributed by atoms with Crippen molar-refractivity contribution in [2.45, 2.75) is 32.8 Å². The molecule has 1 heterocycles. The number of hydrogen-bond donors (Lipinski definition) is 1. The fourth-order valence-electron chi connectivity index (χ4n) is 3.18. The van der Waals surface area contributed by atoms with Crippen molar-refractivity contribution in [1.82, 2.24) is 4.90 Å². The summed E-state index contributed by atoms with van der Waals surface area (Å²) in [6.07, 6.45) is 0.393. The molecule has 0 saturated carbocycles. The fraction of sp³-hybridized carbons (Fsp3) is 0.381. The van der Waals surface area contributed by atoms with E-state index in [9.17, 15) is 9.90 Å². The van der Waals surface area contributed by atoms with Crippen LogP contribution >= 0.6 is 0 Å². The minimum Gasteiger partial charge on any atom is -0.444 e. The molecule has 4 heteroatoms. The normalized spacial score (nSPS) is 15.6. The highest BCUT2D eigenvalue weighted by Gasteiger charge is 2.27. The Balaban J connectivity index is 1.86. The Hall–Kier alpha value is -2.33. The van der Waals surface area contributed by atoms with Crippen LogP contribution in [0.25, 0.3) is 16.3 Å². The lowest BCUT2D eigenvalue weighted by molar-refractivity contribution is 0.0260. The van der Waals surface area contributed by atoms with Crippen LogP contribution in [0, 0.1) is 0 Å². The van der Waals surface area contributed by atoms with Gasteiger partial charge in [-0.1, -0.05) is 36.4 Å². The molecule has 0 aliphatic carbocycles. The van der Waals surface area contributed by atoms with Crippen molar-refractivity contribution >= 4 is 22.4 Å². The monoisotopic (exact) mass is 339 g/mol. The van der Waals surface area contributed by atoms with Crippen LogP contribution in [-0.4, -0.2) is 41.4 Å². The molecule has 4 nitrogen and oxygen atoms in total.